The van der Waals surface area contributed by atoms with Gasteiger partial charge in [0.1, 0.15) is 0 Å². The fourth-order valence-corrected chi connectivity index (χ4v) is 1.76. The van der Waals surface area contributed by atoms with Gasteiger partial charge in [-0.1, -0.05) is 13.8 Å². The van der Waals surface area contributed by atoms with E-state index in [1.54, 1.807) is 0 Å². The van der Waals surface area contributed by atoms with Crippen LogP contribution in [0.15, 0.2) is 0 Å². The number of likely N-dealkylation sites (tertiary alicyclic amines) is 1. The first kappa shape index (κ1) is 11.3. The first-order valence-corrected chi connectivity index (χ1v) is 5.48. The van der Waals surface area contributed by atoms with Crippen molar-refractivity contribution in [1.29, 1.82) is 0 Å². The summed E-state index contributed by atoms with van der Waals surface area (Å²) in [6.07, 6.45) is 1.16. The molecule has 1 fully saturated rings. The minimum absolute atomic E-state index is 0.185. The molecule has 0 radical (unpaired) electrons. The molecule has 1 aliphatic rings. The second kappa shape index (κ2) is 4.20. The molecule has 14 heavy (non-hydrogen) atoms. The van der Waals surface area contributed by atoms with E-state index in [9.17, 15) is 4.79 Å². The molecule has 2 amide bonds. The monoisotopic (exact) mass is 198 g/mol. The van der Waals surface area contributed by atoms with E-state index in [0.717, 1.165) is 13.0 Å². The summed E-state index contributed by atoms with van der Waals surface area (Å²) in [5.41, 5.74) is 0. The Bertz CT molecular complexity index is 213. The highest BCUT2D eigenvalue weighted by Gasteiger charge is 2.35. The third-order valence-corrected chi connectivity index (χ3v) is 3.16. The van der Waals surface area contributed by atoms with Gasteiger partial charge in [0.05, 0.1) is 0 Å². The van der Waals surface area contributed by atoms with Crippen molar-refractivity contribution < 1.29 is 4.79 Å². The largest absolute Gasteiger partial charge is 0.325 e. The fourth-order valence-electron chi connectivity index (χ4n) is 1.76. The normalized spacial score (nSPS) is 21.4. The average Bonchev–Trinajstić information content (AvgIpc) is 1.99. The topological polar surface area (TPSA) is 23.6 Å². The van der Waals surface area contributed by atoms with Crippen molar-refractivity contribution in [2.75, 3.05) is 13.6 Å². The van der Waals surface area contributed by atoms with Crippen molar-refractivity contribution in [2.45, 2.75) is 46.2 Å². The van der Waals surface area contributed by atoms with Crippen LogP contribution in [-0.2, 0) is 0 Å². The van der Waals surface area contributed by atoms with Crippen molar-refractivity contribution in [1.82, 2.24) is 9.80 Å². The van der Waals surface area contributed by atoms with E-state index in [-0.39, 0.29) is 12.1 Å². The lowest BCUT2D eigenvalue weighted by molar-refractivity contribution is 0.0616. The molecule has 0 aromatic heterocycles. The van der Waals surface area contributed by atoms with Gasteiger partial charge < -0.3 is 9.80 Å². The van der Waals surface area contributed by atoms with E-state index in [2.05, 4.69) is 13.8 Å². The van der Waals surface area contributed by atoms with Gasteiger partial charge in [-0.05, 0) is 26.2 Å². The van der Waals surface area contributed by atoms with Crippen LogP contribution in [0.1, 0.15) is 34.1 Å². The van der Waals surface area contributed by atoms with Crippen molar-refractivity contribution in [3.8, 4) is 0 Å². The summed E-state index contributed by atoms with van der Waals surface area (Å²) in [7, 11) is 1.88. The SMILES string of the molecule is CC(C)C1CCN1C(=O)N(C)C(C)C. The van der Waals surface area contributed by atoms with Crippen LogP contribution in [0.5, 0.6) is 0 Å². The summed E-state index contributed by atoms with van der Waals surface area (Å²) in [6.45, 7) is 9.38. The lowest BCUT2D eigenvalue weighted by atomic mass is 9.92. The van der Waals surface area contributed by atoms with E-state index >= 15 is 0 Å². The van der Waals surface area contributed by atoms with Gasteiger partial charge in [0, 0.05) is 25.7 Å². The zero-order valence-corrected chi connectivity index (χ0v) is 9.95. The molecule has 1 unspecified atom stereocenters. The third kappa shape index (κ3) is 2.02. The molecule has 0 N–H and O–H groups in total. The second-order valence-corrected chi connectivity index (χ2v) is 4.78. The first-order valence-electron chi connectivity index (χ1n) is 5.48. The van der Waals surface area contributed by atoms with Gasteiger partial charge in [-0.15, -0.1) is 0 Å². The quantitative estimate of drug-likeness (QED) is 0.667. The number of urea groups is 1. The molecule has 3 nitrogen and oxygen atoms in total. The molecule has 0 bridgehead atoms. The van der Waals surface area contributed by atoms with E-state index < -0.39 is 0 Å². The van der Waals surface area contributed by atoms with Crippen LogP contribution in [0.2, 0.25) is 0 Å². The summed E-state index contributed by atoms with van der Waals surface area (Å²) >= 11 is 0. The van der Waals surface area contributed by atoms with Crippen molar-refractivity contribution in [3.05, 3.63) is 0 Å². The highest BCUT2D eigenvalue weighted by molar-refractivity contribution is 5.75. The van der Waals surface area contributed by atoms with Gasteiger partial charge in [-0.2, -0.15) is 0 Å². The molecule has 0 aromatic rings. The van der Waals surface area contributed by atoms with Crippen LogP contribution in [0, 0.1) is 5.92 Å². The molecule has 0 aromatic carbocycles. The number of hydrogen-bond donors (Lipinski definition) is 0. The first-order chi connectivity index (χ1) is 6.45. The molecular formula is C11H22N2O. The number of hydrogen-bond acceptors (Lipinski definition) is 1. The Kier molecular flexibility index (Phi) is 3.40. The summed E-state index contributed by atoms with van der Waals surface area (Å²) in [4.78, 5) is 15.7. The maximum Gasteiger partial charge on any atom is 0.320 e. The van der Waals surface area contributed by atoms with Gasteiger partial charge >= 0.3 is 6.03 Å². The van der Waals surface area contributed by atoms with Gasteiger partial charge in [0.25, 0.3) is 0 Å². The molecule has 1 heterocycles. The smallest absolute Gasteiger partial charge is 0.320 e. The number of nitrogens with zero attached hydrogens (tertiary/aromatic N) is 2. The van der Waals surface area contributed by atoms with Crippen LogP contribution >= 0.6 is 0 Å². The van der Waals surface area contributed by atoms with Crippen LogP contribution in [0.4, 0.5) is 4.79 Å². The van der Waals surface area contributed by atoms with Crippen LogP contribution < -0.4 is 0 Å². The molecule has 0 saturated carbocycles. The Morgan fingerprint density at radius 1 is 1.36 bits per heavy atom. The van der Waals surface area contributed by atoms with Gasteiger partial charge in [-0.25, -0.2) is 4.79 Å². The Morgan fingerprint density at radius 2 is 1.93 bits per heavy atom. The molecule has 0 aliphatic carbocycles. The van der Waals surface area contributed by atoms with E-state index in [0.29, 0.717) is 12.0 Å². The molecule has 82 valence electrons. The standard InChI is InChI=1S/C11H22N2O/c1-8(2)10-6-7-13(10)11(14)12(5)9(3)4/h8-10H,6-7H2,1-5H3. The fraction of sp³-hybridized carbons (Fsp3) is 0.909. The third-order valence-electron chi connectivity index (χ3n) is 3.16. The van der Waals surface area contributed by atoms with E-state index in [1.165, 1.54) is 0 Å². The number of carbonyl (C=O) groups excluding carboxylic acids is 1. The molecule has 1 atom stereocenters. The zero-order valence-electron chi connectivity index (χ0n) is 9.95. The Morgan fingerprint density at radius 3 is 2.21 bits per heavy atom. The predicted molar refractivity (Wildman–Crippen MR) is 58.2 cm³/mol. The zero-order chi connectivity index (χ0) is 10.9. The van der Waals surface area contributed by atoms with E-state index in [4.69, 9.17) is 0 Å². The van der Waals surface area contributed by atoms with E-state index in [1.807, 2.05) is 30.7 Å². The Balaban J connectivity index is 2.54. The van der Waals surface area contributed by atoms with Crippen molar-refractivity contribution in [3.63, 3.8) is 0 Å². The van der Waals surface area contributed by atoms with Crippen molar-refractivity contribution >= 4 is 6.03 Å². The summed E-state index contributed by atoms with van der Waals surface area (Å²) in [5.74, 6) is 0.577. The molecular weight excluding hydrogens is 176 g/mol. The molecule has 1 aliphatic heterocycles. The Labute approximate surface area is 87.1 Å². The van der Waals surface area contributed by atoms with Crippen LogP contribution in [0.25, 0.3) is 0 Å². The van der Waals surface area contributed by atoms with Crippen molar-refractivity contribution in [2.24, 2.45) is 5.92 Å². The maximum atomic E-state index is 11.9. The minimum Gasteiger partial charge on any atom is -0.325 e. The predicted octanol–water partition coefficient (Wildman–Crippen LogP) is 2.18. The maximum absolute atomic E-state index is 11.9. The molecule has 3 heteroatoms. The second-order valence-electron chi connectivity index (χ2n) is 4.78. The highest BCUT2D eigenvalue weighted by atomic mass is 16.2. The van der Waals surface area contributed by atoms with Gasteiger partial charge in [0.2, 0.25) is 0 Å². The minimum atomic E-state index is 0.185. The van der Waals surface area contributed by atoms with Gasteiger partial charge in [-0.3, -0.25) is 0 Å². The number of carbonyl (C=O) groups is 1. The average molecular weight is 198 g/mol. The molecule has 1 saturated heterocycles. The lowest BCUT2D eigenvalue weighted by Gasteiger charge is -2.45. The summed E-state index contributed by atoms with van der Waals surface area (Å²) in [6, 6.07) is 0.935. The molecule has 0 spiro atoms. The lowest BCUT2D eigenvalue weighted by Crippen LogP contribution is -2.58. The number of rotatable bonds is 2. The highest BCUT2D eigenvalue weighted by Crippen LogP contribution is 2.25. The molecule has 1 rings (SSSR count). The summed E-state index contributed by atoms with van der Waals surface area (Å²) in [5, 5.41) is 0. The summed E-state index contributed by atoms with van der Waals surface area (Å²) < 4.78 is 0. The number of amides is 2. The Hall–Kier alpha value is -0.730. The van der Waals surface area contributed by atoms with Crippen LogP contribution in [-0.4, -0.2) is 41.5 Å². The van der Waals surface area contributed by atoms with Crippen LogP contribution in [0.3, 0.4) is 0 Å². The van der Waals surface area contributed by atoms with Gasteiger partial charge in [0.15, 0.2) is 0 Å².